The molecule has 5 nitrogen and oxygen atoms in total. The number of likely N-dealkylation sites (N-methyl/N-ethyl adjacent to an activating group) is 1. The largest absolute Gasteiger partial charge is 0.378 e. The normalized spacial score (nSPS) is 24.2. The Labute approximate surface area is 116 Å². The number of nitrogens with two attached hydrogens (primary N) is 1. The lowest BCUT2D eigenvalue weighted by Crippen LogP contribution is -2.42. The number of amides is 1. The summed E-state index contributed by atoms with van der Waals surface area (Å²) in [5.41, 5.74) is 6.07. The van der Waals surface area contributed by atoms with Crippen LogP contribution in [0.2, 0.25) is 0 Å². The third-order valence-electron chi connectivity index (χ3n) is 3.63. The fraction of sp³-hybridized carbons (Fsp3) is 0.929. The van der Waals surface area contributed by atoms with Gasteiger partial charge in [-0.1, -0.05) is 19.3 Å². The maximum absolute atomic E-state index is 12.0. The van der Waals surface area contributed by atoms with Gasteiger partial charge in [0.1, 0.15) is 0 Å². The second-order valence-corrected chi connectivity index (χ2v) is 5.62. The summed E-state index contributed by atoms with van der Waals surface area (Å²) in [5, 5.41) is 2.94. The van der Waals surface area contributed by atoms with Crippen molar-refractivity contribution in [3.05, 3.63) is 0 Å². The van der Waals surface area contributed by atoms with Crippen LogP contribution in [0.3, 0.4) is 0 Å². The highest BCUT2D eigenvalue weighted by Crippen LogP contribution is 2.22. The Balaban J connectivity index is 2.12. The first-order chi connectivity index (χ1) is 9.11. The number of carbonyl (C=O) groups excluding carboxylic acids is 1. The molecule has 1 amide bonds. The molecule has 0 bridgehead atoms. The minimum Gasteiger partial charge on any atom is -0.378 e. The third-order valence-corrected chi connectivity index (χ3v) is 3.63. The average molecular weight is 271 g/mol. The number of rotatable bonds is 7. The quantitative estimate of drug-likeness (QED) is 0.525. The molecule has 112 valence electrons. The van der Waals surface area contributed by atoms with E-state index in [4.69, 9.17) is 10.5 Å². The minimum atomic E-state index is -0.00993. The van der Waals surface area contributed by atoms with Gasteiger partial charge >= 0.3 is 0 Å². The van der Waals surface area contributed by atoms with Crippen molar-refractivity contribution in [3.63, 3.8) is 0 Å². The van der Waals surface area contributed by atoms with Gasteiger partial charge in [0.25, 0.3) is 0 Å². The van der Waals surface area contributed by atoms with E-state index >= 15 is 0 Å². The van der Waals surface area contributed by atoms with Gasteiger partial charge in [0.05, 0.1) is 19.1 Å². The molecule has 0 heterocycles. The molecule has 1 saturated carbocycles. The fourth-order valence-corrected chi connectivity index (χ4v) is 2.39. The number of carbonyl (C=O) groups is 1. The van der Waals surface area contributed by atoms with E-state index in [0.717, 1.165) is 32.2 Å². The highest BCUT2D eigenvalue weighted by atomic mass is 16.5. The second kappa shape index (κ2) is 9.28. The zero-order valence-corrected chi connectivity index (χ0v) is 12.4. The molecule has 0 aromatic carbocycles. The summed E-state index contributed by atoms with van der Waals surface area (Å²) in [5.74, 6) is 0.0925. The van der Waals surface area contributed by atoms with Gasteiger partial charge in [0, 0.05) is 19.1 Å². The molecular formula is C14H29N3O2. The Bertz CT molecular complexity index is 259. The lowest BCUT2D eigenvalue weighted by molar-refractivity contribution is -0.126. The lowest BCUT2D eigenvalue weighted by Gasteiger charge is -2.20. The number of nitrogens with zero attached hydrogens (tertiary/aromatic N) is 1. The van der Waals surface area contributed by atoms with Gasteiger partial charge in [0.2, 0.25) is 5.91 Å². The second-order valence-electron chi connectivity index (χ2n) is 5.62. The van der Waals surface area contributed by atoms with Crippen LogP contribution in [0.15, 0.2) is 0 Å². The summed E-state index contributed by atoms with van der Waals surface area (Å²) in [4.78, 5) is 14.1. The number of ether oxygens (including phenoxy) is 1. The third kappa shape index (κ3) is 6.89. The number of nitrogens with one attached hydrogen (secondary N) is 1. The summed E-state index contributed by atoms with van der Waals surface area (Å²) in [6.45, 7) is 2.75. The molecule has 0 aromatic heterocycles. The van der Waals surface area contributed by atoms with Gasteiger partial charge in [0.15, 0.2) is 0 Å². The van der Waals surface area contributed by atoms with Crippen molar-refractivity contribution in [1.29, 1.82) is 0 Å². The average Bonchev–Trinajstić information content (AvgIpc) is 2.57. The standard InChI is InChI=1S/C14H29N3O2/c1-17(2)9-11-19-10-8-16-14(18)12-6-4-3-5-7-13(12)15/h12-13H,3-11,15H2,1-2H3,(H,16,18). The van der Waals surface area contributed by atoms with E-state index in [1.54, 1.807) is 0 Å². The molecule has 19 heavy (non-hydrogen) atoms. The number of hydrogen-bond donors (Lipinski definition) is 2. The van der Waals surface area contributed by atoms with E-state index in [0.29, 0.717) is 19.8 Å². The maximum atomic E-state index is 12.0. The fourth-order valence-electron chi connectivity index (χ4n) is 2.39. The molecular weight excluding hydrogens is 242 g/mol. The summed E-state index contributed by atoms with van der Waals surface area (Å²) in [6.07, 6.45) is 5.36. The Hall–Kier alpha value is -0.650. The van der Waals surface area contributed by atoms with Crippen molar-refractivity contribution in [2.24, 2.45) is 11.7 Å². The molecule has 0 radical (unpaired) electrons. The van der Waals surface area contributed by atoms with Crippen LogP contribution in [0.25, 0.3) is 0 Å². The molecule has 0 aromatic rings. The molecule has 0 saturated heterocycles. The molecule has 1 aliphatic rings. The zero-order valence-electron chi connectivity index (χ0n) is 12.4. The highest BCUT2D eigenvalue weighted by Gasteiger charge is 2.26. The predicted molar refractivity (Wildman–Crippen MR) is 76.9 cm³/mol. The lowest BCUT2D eigenvalue weighted by atomic mass is 9.95. The molecule has 1 aliphatic carbocycles. The molecule has 0 aliphatic heterocycles. The van der Waals surface area contributed by atoms with E-state index in [1.807, 2.05) is 14.1 Å². The van der Waals surface area contributed by atoms with Crippen molar-refractivity contribution in [2.45, 2.75) is 38.1 Å². The van der Waals surface area contributed by atoms with Crippen molar-refractivity contribution in [2.75, 3.05) is 40.4 Å². The van der Waals surface area contributed by atoms with Gasteiger partial charge in [-0.25, -0.2) is 0 Å². The van der Waals surface area contributed by atoms with E-state index in [1.165, 1.54) is 6.42 Å². The summed E-state index contributed by atoms with van der Waals surface area (Å²) in [7, 11) is 4.02. The Morgan fingerprint density at radius 3 is 2.74 bits per heavy atom. The predicted octanol–water partition coefficient (Wildman–Crippen LogP) is 0.588. The van der Waals surface area contributed by atoms with Gasteiger partial charge in [-0.3, -0.25) is 4.79 Å². The van der Waals surface area contributed by atoms with Crippen molar-refractivity contribution < 1.29 is 9.53 Å². The van der Waals surface area contributed by atoms with Crippen molar-refractivity contribution in [3.8, 4) is 0 Å². The van der Waals surface area contributed by atoms with Gasteiger partial charge in [-0.2, -0.15) is 0 Å². The van der Waals surface area contributed by atoms with Crippen LogP contribution < -0.4 is 11.1 Å². The summed E-state index contributed by atoms with van der Waals surface area (Å²) < 4.78 is 5.45. The van der Waals surface area contributed by atoms with Crippen LogP contribution in [0.4, 0.5) is 0 Å². The van der Waals surface area contributed by atoms with E-state index in [9.17, 15) is 4.79 Å². The zero-order chi connectivity index (χ0) is 14.1. The summed E-state index contributed by atoms with van der Waals surface area (Å²) in [6, 6.07) is 0.0251. The van der Waals surface area contributed by atoms with Crippen LogP contribution in [0, 0.1) is 5.92 Å². The molecule has 3 N–H and O–H groups in total. The molecule has 5 heteroatoms. The van der Waals surface area contributed by atoms with Gasteiger partial charge in [-0.15, -0.1) is 0 Å². The van der Waals surface area contributed by atoms with Gasteiger partial charge < -0.3 is 20.7 Å². The molecule has 0 spiro atoms. The van der Waals surface area contributed by atoms with Crippen LogP contribution in [-0.4, -0.2) is 57.2 Å². The van der Waals surface area contributed by atoms with Crippen molar-refractivity contribution >= 4 is 5.91 Å². The minimum absolute atomic E-state index is 0.00993. The molecule has 2 unspecified atom stereocenters. The SMILES string of the molecule is CN(C)CCOCCNC(=O)C1CCCCCC1N. The number of hydrogen-bond acceptors (Lipinski definition) is 4. The Morgan fingerprint density at radius 1 is 1.26 bits per heavy atom. The maximum Gasteiger partial charge on any atom is 0.224 e. The first-order valence-electron chi connectivity index (χ1n) is 7.37. The van der Waals surface area contributed by atoms with Crippen molar-refractivity contribution in [1.82, 2.24) is 10.2 Å². The summed E-state index contributed by atoms with van der Waals surface area (Å²) >= 11 is 0. The van der Waals surface area contributed by atoms with E-state index in [-0.39, 0.29) is 17.9 Å². The Morgan fingerprint density at radius 2 is 2.00 bits per heavy atom. The first kappa shape index (κ1) is 16.4. The molecule has 1 fully saturated rings. The van der Waals surface area contributed by atoms with Crippen LogP contribution >= 0.6 is 0 Å². The Kier molecular flexibility index (Phi) is 8.02. The van der Waals surface area contributed by atoms with Crippen LogP contribution in [0.5, 0.6) is 0 Å². The molecule has 1 rings (SSSR count). The first-order valence-corrected chi connectivity index (χ1v) is 7.37. The van der Waals surface area contributed by atoms with Gasteiger partial charge in [-0.05, 0) is 26.9 Å². The monoisotopic (exact) mass is 271 g/mol. The van der Waals surface area contributed by atoms with E-state index in [2.05, 4.69) is 10.2 Å². The van der Waals surface area contributed by atoms with Crippen LogP contribution in [0.1, 0.15) is 32.1 Å². The highest BCUT2D eigenvalue weighted by molar-refractivity contribution is 5.79. The molecule has 2 atom stereocenters. The topological polar surface area (TPSA) is 67.6 Å². The van der Waals surface area contributed by atoms with Crippen LogP contribution in [-0.2, 0) is 9.53 Å². The smallest absolute Gasteiger partial charge is 0.224 e. The van der Waals surface area contributed by atoms with E-state index < -0.39 is 0 Å².